The zero-order valence-corrected chi connectivity index (χ0v) is 11.4. The maximum Gasteiger partial charge on any atom is 0.254 e. The van der Waals surface area contributed by atoms with Crippen molar-refractivity contribution in [1.29, 1.82) is 0 Å². The number of nitrogens with one attached hydrogen (secondary N) is 1. The lowest BCUT2D eigenvalue weighted by Crippen LogP contribution is -2.21. The molecule has 1 aromatic heterocycles. The second kappa shape index (κ2) is 4.65. The Morgan fingerprint density at radius 2 is 1.89 bits per heavy atom. The molecule has 1 aromatic carbocycles. The van der Waals surface area contributed by atoms with E-state index in [1.54, 1.807) is 0 Å². The van der Waals surface area contributed by atoms with Gasteiger partial charge in [-0.2, -0.15) is 0 Å². The Morgan fingerprint density at radius 3 is 2.68 bits per heavy atom. The normalized spacial score (nSPS) is 14.2. The number of H-pyrrole nitrogens is 1. The van der Waals surface area contributed by atoms with E-state index in [0.717, 1.165) is 42.5 Å². The lowest BCUT2D eigenvalue weighted by Gasteiger charge is -2.15. The molecule has 1 aliphatic carbocycles. The Morgan fingerprint density at radius 1 is 1.11 bits per heavy atom. The average molecular weight is 254 g/mol. The molecule has 0 atom stereocenters. The van der Waals surface area contributed by atoms with Gasteiger partial charge >= 0.3 is 0 Å². The SMILES string of the molecule is Cc1ccc(-c2nc3c(c(=O)[nH]2)CCCC3)cc1C. The van der Waals surface area contributed by atoms with Crippen LogP contribution in [0, 0.1) is 13.8 Å². The molecule has 0 radical (unpaired) electrons. The summed E-state index contributed by atoms with van der Waals surface area (Å²) in [5, 5.41) is 0. The van der Waals surface area contributed by atoms with Crippen molar-refractivity contribution in [3.63, 3.8) is 0 Å². The van der Waals surface area contributed by atoms with Crippen molar-refractivity contribution in [3.05, 3.63) is 50.9 Å². The summed E-state index contributed by atoms with van der Waals surface area (Å²) in [5.41, 5.74) is 5.38. The van der Waals surface area contributed by atoms with Crippen molar-refractivity contribution in [2.75, 3.05) is 0 Å². The van der Waals surface area contributed by atoms with E-state index in [9.17, 15) is 4.79 Å². The summed E-state index contributed by atoms with van der Waals surface area (Å²) in [6.45, 7) is 4.16. The Kier molecular flexibility index (Phi) is 2.97. The summed E-state index contributed by atoms with van der Waals surface area (Å²) in [5.74, 6) is 0.703. The predicted molar refractivity (Wildman–Crippen MR) is 76.4 cm³/mol. The van der Waals surface area contributed by atoms with Crippen molar-refractivity contribution >= 4 is 0 Å². The molecule has 0 spiro atoms. The van der Waals surface area contributed by atoms with Crippen LogP contribution in [-0.4, -0.2) is 9.97 Å². The fourth-order valence-electron chi connectivity index (χ4n) is 2.63. The minimum absolute atomic E-state index is 0.0397. The highest BCUT2D eigenvalue weighted by Crippen LogP contribution is 2.21. The summed E-state index contributed by atoms with van der Waals surface area (Å²) in [6.07, 6.45) is 4.03. The summed E-state index contributed by atoms with van der Waals surface area (Å²) in [7, 11) is 0. The van der Waals surface area contributed by atoms with Gasteiger partial charge in [0.05, 0.1) is 5.69 Å². The van der Waals surface area contributed by atoms with Crippen LogP contribution in [-0.2, 0) is 12.8 Å². The number of rotatable bonds is 1. The first-order chi connectivity index (χ1) is 9.15. The molecule has 0 bridgehead atoms. The van der Waals surface area contributed by atoms with Crippen LogP contribution in [0.1, 0.15) is 35.2 Å². The number of nitrogens with zero attached hydrogens (tertiary/aromatic N) is 1. The summed E-state index contributed by atoms with van der Waals surface area (Å²) in [4.78, 5) is 19.7. The van der Waals surface area contributed by atoms with E-state index in [1.807, 2.05) is 6.07 Å². The molecular weight excluding hydrogens is 236 g/mol. The van der Waals surface area contributed by atoms with Gasteiger partial charge in [0.15, 0.2) is 0 Å². The van der Waals surface area contributed by atoms with Crippen LogP contribution in [0.3, 0.4) is 0 Å². The number of aromatic nitrogens is 2. The molecule has 1 heterocycles. The molecule has 0 unspecified atom stereocenters. The maximum atomic E-state index is 12.1. The van der Waals surface area contributed by atoms with Crippen molar-refractivity contribution < 1.29 is 0 Å². The van der Waals surface area contributed by atoms with Crippen LogP contribution in [0.2, 0.25) is 0 Å². The van der Waals surface area contributed by atoms with E-state index < -0.39 is 0 Å². The van der Waals surface area contributed by atoms with E-state index in [2.05, 4.69) is 35.9 Å². The molecule has 0 fully saturated rings. The Balaban J connectivity index is 2.12. The van der Waals surface area contributed by atoms with Crippen molar-refractivity contribution in [2.45, 2.75) is 39.5 Å². The molecule has 0 saturated heterocycles. The number of fused-ring (bicyclic) bond motifs is 1. The van der Waals surface area contributed by atoms with Gasteiger partial charge in [0.25, 0.3) is 5.56 Å². The van der Waals surface area contributed by atoms with Crippen molar-refractivity contribution in [2.24, 2.45) is 0 Å². The fourth-order valence-corrected chi connectivity index (χ4v) is 2.63. The third kappa shape index (κ3) is 2.21. The molecule has 19 heavy (non-hydrogen) atoms. The summed E-state index contributed by atoms with van der Waals surface area (Å²) in [6, 6.07) is 6.18. The third-order valence-corrected chi connectivity index (χ3v) is 3.97. The minimum Gasteiger partial charge on any atom is -0.306 e. The highest BCUT2D eigenvalue weighted by atomic mass is 16.1. The molecule has 3 rings (SSSR count). The number of aryl methyl sites for hydroxylation is 3. The van der Waals surface area contributed by atoms with E-state index in [0.29, 0.717) is 5.82 Å². The smallest absolute Gasteiger partial charge is 0.254 e. The van der Waals surface area contributed by atoms with Crippen LogP contribution in [0.15, 0.2) is 23.0 Å². The van der Waals surface area contributed by atoms with Crippen LogP contribution in [0.4, 0.5) is 0 Å². The maximum absolute atomic E-state index is 12.1. The predicted octanol–water partition coefficient (Wildman–Crippen LogP) is 2.93. The standard InChI is InChI=1S/C16H18N2O/c1-10-7-8-12(9-11(10)2)15-17-14-6-4-3-5-13(14)16(19)18-15/h7-9H,3-6H2,1-2H3,(H,17,18,19). The number of hydrogen-bond donors (Lipinski definition) is 1. The van der Waals surface area contributed by atoms with Gasteiger partial charge < -0.3 is 4.98 Å². The first kappa shape index (κ1) is 12.2. The second-order valence-electron chi connectivity index (χ2n) is 5.35. The molecule has 98 valence electrons. The second-order valence-corrected chi connectivity index (χ2v) is 5.35. The highest BCUT2D eigenvalue weighted by molar-refractivity contribution is 5.57. The summed E-state index contributed by atoms with van der Waals surface area (Å²) >= 11 is 0. The first-order valence-electron chi connectivity index (χ1n) is 6.85. The van der Waals surface area contributed by atoms with E-state index in [-0.39, 0.29) is 5.56 Å². The molecule has 1 N–H and O–H groups in total. The van der Waals surface area contributed by atoms with Gasteiger partial charge in [-0.1, -0.05) is 12.1 Å². The molecule has 1 aliphatic rings. The van der Waals surface area contributed by atoms with Gasteiger partial charge in [-0.3, -0.25) is 4.79 Å². The Labute approximate surface area is 112 Å². The zero-order chi connectivity index (χ0) is 13.4. The van der Waals surface area contributed by atoms with E-state index in [4.69, 9.17) is 0 Å². The lowest BCUT2D eigenvalue weighted by molar-refractivity contribution is 0.657. The number of hydrogen-bond acceptors (Lipinski definition) is 2. The fraction of sp³-hybridized carbons (Fsp3) is 0.375. The monoisotopic (exact) mass is 254 g/mol. The van der Waals surface area contributed by atoms with Gasteiger partial charge in [0.1, 0.15) is 5.82 Å². The zero-order valence-electron chi connectivity index (χ0n) is 11.4. The molecule has 3 heteroatoms. The van der Waals surface area contributed by atoms with Gasteiger partial charge in [0, 0.05) is 11.1 Å². The van der Waals surface area contributed by atoms with Crippen LogP contribution in [0.5, 0.6) is 0 Å². The molecular formula is C16H18N2O. The van der Waals surface area contributed by atoms with Crippen molar-refractivity contribution in [1.82, 2.24) is 9.97 Å². The molecule has 0 aliphatic heterocycles. The lowest BCUT2D eigenvalue weighted by atomic mass is 9.97. The quantitative estimate of drug-likeness (QED) is 0.850. The highest BCUT2D eigenvalue weighted by Gasteiger charge is 2.16. The van der Waals surface area contributed by atoms with E-state index in [1.165, 1.54) is 11.1 Å². The van der Waals surface area contributed by atoms with Crippen LogP contribution >= 0.6 is 0 Å². The molecule has 0 saturated carbocycles. The van der Waals surface area contributed by atoms with Crippen LogP contribution in [0.25, 0.3) is 11.4 Å². The Hall–Kier alpha value is -1.90. The van der Waals surface area contributed by atoms with Crippen LogP contribution < -0.4 is 5.56 Å². The van der Waals surface area contributed by atoms with Gasteiger partial charge in [-0.15, -0.1) is 0 Å². The molecule has 2 aromatic rings. The van der Waals surface area contributed by atoms with Gasteiger partial charge in [0.2, 0.25) is 0 Å². The first-order valence-corrected chi connectivity index (χ1v) is 6.85. The largest absolute Gasteiger partial charge is 0.306 e. The topological polar surface area (TPSA) is 45.8 Å². The van der Waals surface area contributed by atoms with Gasteiger partial charge in [-0.05, 0) is 56.7 Å². The third-order valence-electron chi connectivity index (χ3n) is 3.97. The molecule has 0 amide bonds. The van der Waals surface area contributed by atoms with E-state index >= 15 is 0 Å². The molecule has 3 nitrogen and oxygen atoms in total. The van der Waals surface area contributed by atoms with Crippen molar-refractivity contribution in [3.8, 4) is 11.4 Å². The van der Waals surface area contributed by atoms with Gasteiger partial charge in [-0.25, -0.2) is 4.98 Å². The number of benzene rings is 1. The minimum atomic E-state index is 0.0397. The summed E-state index contributed by atoms with van der Waals surface area (Å²) < 4.78 is 0. The Bertz CT molecular complexity index is 686. The number of aromatic amines is 1. The average Bonchev–Trinajstić information content (AvgIpc) is 2.42.